The molecule has 2 nitrogen and oxygen atoms in total. The molecule has 0 radical (unpaired) electrons. The van der Waals surface area contributed by atoms with Gasteiger partial charge in [-0.25, -0.2) is 0 Å². The third-order valence-electron chi connectivity index (χ3n) is 3.61. The lowest BCUT2D eigenvalue weighted by Crippen LogP contribution is -2.01. The minimum atomic E-state index is 0.909. The summed E-state index contributed by atoms with van der Waals surface area (Å²) in [5.74, 6) is 0. The van der Waals surface area contributed by atoms with Gasteiger partial charge in [0.05, 0.1) is 0 Å². The largest absolute Gasteiger partial charge is 0.381 e. The summed E-state index contributed by atoms with van der Waals surface area (Å²) >= 11 is 0. The molecule has 0 saturated heterocycles. The third-order valence-corrected chi connectivity index (χ3v) is 3.61. The minimum Gasteiger partial charge on any atom is -0.381 e. The zero-order valence-electron chi connectivity index (χ0n) is 14.1. The maximum Gasteiger partial charge on any atom is 0.0466 e. The fourth-order valence-electron chi connectivity index (χ4n) is 2.23. The Bertz CT molecular complexity index is 141. The highest BCUT2D eigenvalue weighted by Gasteiger charge is 1.93. The maximum atomic E-state index is 5.64. The molecule has 0 spiro atoms. The first-order valence-electron chi connectivity index (χ1n) is 9.07. The molecule has 0 unspecified atom stereocenters. The molecule has 122 valence electrons. The van der Waals surface area contributed by atoms with Crippen molar-refractivity contribution in [3.05, 3.63) is 0 Å². The Kier molecular flexibility index (Phi) is 18.8. The molecule has 0 aliphatic rings. The number of rotatable bonds is 17. The smallest absolute Gasteiger partial charge is 0.0466 e. The Morgan fingerprint density at radius 3 is 1.15 bits per heavy atom. The maximum absolute atomic E-state index is 5.64. The van der Waals surface area contributed by atoms with E-state index in [4.69, 9.17) is 9.47 Å². The molecule has 0 bridgehead atoms. The molecule has 0 heterocycles. The molecule has 0 atom stereocenters. The zero-order valence-corrected chi connectivity index (χ0v) is 14.1. The third kappa shape index (κ3) is 17.9. The molecular formula is C18H38O2. The SMILES string of the molecule is CCCCCCCCOCCCCOCCCCCC. The molecule has 0 fully saturated rings. The highest BCUT2D eigenvalue weighted by Crippen LogP contribution is 2.05. The summed E-state index contributed by atoms with van der Waals surface area (Å²) in [6, 6.07) is 0. The van der Waals surface area contributed by atoms with Crippen molar-refractivity contribution in [3.63, 3.8) is 0 Å². The quantitative estimate of drug-likeness (QED) is 0.317. The lowest BCUT2D eigenvalue weighted by atomic mass is 10.1. The predicted molar refractivity (Wildman–Crippen MR) is 88.4 cm³/mol. The lowest BCUT2D eigenvalue weighted by Gasteiger charge is -2.05. The van der Waals surface area contributed by atoms with Crippen LogP contribution in [0.3, 0.4) is 0 Å². The summed E-state index contributed by atoms with van der Waals surface area (Å²) in [5.41, 5.74) is 0. The van der Waals surface area contributed by atoms with Crippen LogP contribution in [0.5, 0.6) is 0 Å². The summed E-state index contributed by atoms with van der Waals surface area (Å²) in [6.45, 7) is 8.22. The van der Waals surface area contributed by atoms with Crippen LogP contribution in [0, 0.1) is 0 Å². The van der Waals surface area contributed by atoms with Gasteiger partial charge in [0.25, 0.3) is 0 Å². The second-order valence-electron chi connectivity index (χ2n) is 5.76. The van der Waals surface area contributed by atoms with E-state index in [1.807, 2.05) is 0 Å². The predicted octanol–water partition coefficient (Wildman–Crippen LogP) is 5.74. The Balaban J connectivity index is 2.89. The van der Waals surface area contributed by atoms with Crippen LogP contribution in [-0.4, -0.2) is 26.4 Å². The molecule has 0 N–H and O–H groups in total. The standard InChI is InChI=1S/C18H38O2/c1-3-5-7-9-10-12-16-20-18-14-13-17-19-15-11-8-6-4-2/h3-18H2,1-2H3. The van der Waals surface area contributed by atoms with Crippen LogP contribution in [0.2, 0.25) is 0 Å². The van der Waals surface area contributed by atoms with Crippen molar-refractivity contribution >= 4 is 0 Å². The Morgan fingerprint density at radius 2 is 0.700 bits per heavy atom. The number of hydrogen-bond donors (Lipinski definition) is 0. The molecule has 0 amide bonds. The van der Waals surface area contributed by atoms with Crippen molar-refractivity contribution in [1.29, 1.82) is 0 Å². The van der Waals surface area contributed by atoms with E-state index >= 15 is 0 Å². The molecule has 0 saturated carbocycles. The molecule has 0 aromatic carbocycles. The number of ether oxygens (including phenoxy) is 2. The van der Waals surface area contributed by atoms with Crippen LogP contribution < -0.4 is 0 Å². The molecule has 0 rings (SSSR count). The van der Waals surface area contributed by atoms with Crippen molar-refractivity contribution in [2.24, 2.45) is 0 Å². The molecule has 0 aliphatic carbocycles. The van der Waals surface area contributed by atoms with Gasteiger partial charge in [-0.2, -0.15) is 0 Å². The van der Waals surface area contributed by atoms with Crippen LogP contribution in [0.1, 0.15) is 90.9 Å². The first kappa shape index (κ1) is 19.9. The van der Waals surface area contributed by atoms with Crippen LogP contribution in [0.25, 0.3) is 0 Å². The number of unbranched alkanes of at least 4 members (excludes halogenated alkanes) is 9. The normalized spacial score (nSPS) is 11.1. The number of hydrogen-bond acceptors (Lipinski definition) is 2. The first-order chi connectivity index (χ1) is 9.91. The van der Waals surface area contributed by atoms with Gasteiger partial charge in [0.2, 0.25) is 0 Å². The second-order valence-corrected chi connectivity index (χ2v) is 5.76. The molecule has 20 heavy (non-hydrogen) atoms. The van der Waals surface area contributed by atoms with E-state index in [9.17, 15) is 0 Å². The molecule has 0 aromatic rings. The highest BCUT2D eigenvalue weighted by molar-refractivity contribution is 4.45. The summed E-state index contributed by atoms with van der Waals surface area (Å²) in [5, 5.41) is 0. The summed E-state index contributed by atoms with van der Waals surface area (Å²) in [7, 11) is 0. The van der Waals surface area contributed by atoms with Gasteiger partial charge in [0, 0.05) is 26.4 Å². The zero-order chi connectivity index (χ0) is 14.7. The van der Waals surface area contributed by atoms with Gasteiger partial charge in [0.1, 0.15) is 0 Å². The average Bonchev–Trinajstić information content (AvgIpc) is 2.47. The van der Waals surface area contributed by atoms with Gasteiger partial charge in [-0.3, -0.25) is 0 Å². The summed E-state index contributed by atoms with van der Waals surface area (Å²) in [4.78, 5) is 0. The Morgan fingerprint density at radius 1 is 0.400 bits per heavy atom. The molecule has 0 aliphatic heterocycles. The van der Waals surface area contributed by atoms with Gasteiger partial charge in [-0.1, -0.05) is 65.2 Å². The minimum absolute atomic E-state index is 0.909. The van der Waals surface area contributed by atoms with Gasteiger partial charge >= 0.3 is 0 Å². The van der Waals surface area contributed by atoms with Crippen LogP contribution in [0.15, 0.2) is 0 Å². The Hall–Kier alpha value is -0.0800. The summed E-state index contributed by atoms with van der Waals surface area (Å²) in [6.07, 6.45) is 15.5. The van der Waals surface area contributed by atoms with Crippen LogP contribution in [-0.2, 0) is 9.47 Å². The van der Waals surface area contributed by atoms with E-state index in [1.165, 1.54) is 64.2 Å². The molecule has 0 aromatic heterocycles. The van der Waals surface area contributed by atoms with Crippen molar-refractivity contribution in [1.82, 2.24) is 0 Å². The molecule has 2 heteroatoms. The van der Waals surface area contributed by atoms with Crippen molar-refractivity contribution in [3.8, 4) is 0 Å². The van der Waals surface area contributed by atoms with E-state index in [1.54, 1.807) is 0 Å². The second kappa shape index (κ2) is 18.9. The van der Waals surface area contributed by atoms with Crippen LogP contribution >= 0.6 is 0 Å². The van der Waals surface area contributed by atoms with Gasteiger partial charge in [-0.05, 0) is 25.7 Å². The fraction of sp³-hybridized carbons (Fsp3) is 1.00. The molecular weight excluding hydrogens is 248 g/mol. The van der Waals surface area contributed by atoms with E-state index in [-0.39, 0.29) is 0 Å². The lowest BCUT2D eigenvalue weighted by molar-refractivity contribution is 0.0992. The van der Waals surface area contributed by atoms with E-state index < -0.39 is 0 Å². The Labute approximate surface area is 127 Å². The average molecular weight is 286 g/mol. The topological polar surface area (TPSA) is 18.5 Å². The fourth-order valence-corrected chi connectivity index (χ4v) is 2.23. The monoisotopic (exact) mass is 286 g/mol. The van der Waals surface area contributed by atoms with Crippen molar-refractivity contribution in [2.45, 2.75) is 90.9 Å². The van der Waals surface area contributed by atoms with Gasteiger partial charge < -0.3 is 9.47 Å². The first-order valence-corrected chi connectivity index (χ1v) is 9.07. The van der Waals surface area contributed by atoms with Crippen LogP contribution in [0.4, 0.5) is 0 Å². The van der Waals surface area contributed by atoms with Gasteiger partial charge in [0.15, 0.2) is 0 Å². The van der Waals surface area contributed by atoms with E-state index in [2.05, 4.69) is 13.8 Å². The van der Waals surface area contributed by atoms with Gasteiger partial charge in [-0.15, -0.1) is 0 Å². The van der Waals surface area contributed by atoms with Crippen molar-refractivity contribution < 1.29 is 9.47 Å². The van der Waals surface area contributed by atoms with E-state index in [0.717, 1.165) is 39.3 Å². The summed E-state index contributed by atoms with van der Waals surface area (Å²) < 4.78 is 11.3. The highest BCUT2D eigenvalue weighted by atomic mass is 16.5. The van der Waals surface area contributed by atoms with Crippen molar-refractivity contribution in [2.75, 3.05) is 26.4 Å². The van der Waals surface area contributed by atoms with E-state index in [0.29, 0.717) is 0 Å².